The molecule has 27 heavy (non-hydrogen) atoms. The van der Waals surface area contributed by atoms with Gasteiger partial charge in [0.05, 0.1) is 5.41 Å². The van der Waals surface area contributed by atoms with Crippen LogP contribution in [0.2, 0.25) is 0 Å². The molecule has 4 nitrogen and oxygen atoms in total. The Hall–Kier alpha value is -2.34. The number of amides is 1. The highest BCUT2D eigenvalue weighted by Gasteiger charge is 2.48. The highest BCUT2D eigenvalue weighted by atomic mass is 19.2. The number of halogens is 2. The molecular weight excluding hydrogens is 348 g/mol. The van der Waals surface area contributed by atoms with Gasteiger partial charge >= 0.3 is 0 Å². The molecule has 1 spiro atoms. The minimum absolute atomic E-state index is 0.180. The number of piperidine rings is 1. The van der Waals surface area contributed by atoms with E-state index in [4.69, 9.17) is 0 Å². The first-order valence-corrected chi connectivity index (χ1v) is 9.41. The van der Waals surface area contributed by atoms with Crippen molar-refractivity contribution in [1.29, 1.82) is 0 Å². The fourth-order valence-corrected chi connectivity index (χ4v) is 4.40. The van der Waals surface area contributed by atoms with Gasteiger partial charge in [-0.1, -0.05) is 18.2 Å². The molecule has 2 fully saturated rings. The van der Waals surface area contributed by atoms with E-state index in [1.54, 1.807) is 18.5 Å². The van der Waals surface area contributed by atoms with Gasteiger partial charge in [-0.15, -0.1) is 0 Å². The maximum atomic E-state index is 14.0. The molecule has 2 aromatic rings. The predicted molar refractivity (Wildman–Crippen MR) is 97.6 cm³/mol. The molecule has 6 heteroatoms. The molecule has 0 saturated carbocycles. The number of aromatic nitrogens is 1. The van der Waals surface area contributed by atoms with Crippen LogP contribution in [0.4, 0.5) is 8.78 Å². The van der Waals surface area contributed by atoms with Gasteiger partial charge < -0.3 is 4.90 Å². The molecule has 3 heterocycles. The van der Waals surface area contributed by atoms with Crippen molar-refractivity contribution in [3.8, 4) is 0 Å². The van der Waals surface area contributed by atoms with Crippen molar-refractivity contribution in [3.63, 3.8) is 0 Å². The quantitative estimate of drug-likeness (QED) is 0.827. The second-order valence-electron chi connectivity index (χ2n) is 7.65. The third-order valence-electron chi connectivity index (χ3n) is 5.78. The van der Waals surface area contributed by atoms with Crippen molar-refractivity contribution >= 4 is 5.91 Å². The summed E-state index contributed by atoms with van der Waals surface area (Å²) in [6, 6.07) is 8.13. The van der Waals surface area contributed by atoms with E-state index in [1.165, 1.54) is 6.07 Å². The molecule has 0 bridgehead atoms. The standard InChI is InChI=1S/C21H23F2N3O/c22-18-6-1-5-17(19(18)23)14-25-11-8-21(15-25)7-3-10-26(20(21)27)13-16-4-2-9-24-12-16/h1-2,4-6,9,12H,3,7-8,10-11,13-15H2/t21-/m0/s1. The second kappa shape index (κ2) is 7.35. The van der Waals surface area contributed by atoms with Gasteiger partial charge in [0.25, 0.3) is 0 Å². The summed E-state index contributed by atoms with van der Waals surface area (Å²) in [6.45, 7) is 3.00. The molecule has 1 aromatic heterocycles. The van der Waals surface area contributed by atoms with E-state index in [9.17, 15) is 13.6 Å². The third-order valence-corrected chi connectivity index (χ3v) is 5.78. The van der Waals surface area contributed by atoms with Crippen LogP contribution in [0.3, 0.4) is 0 Å². The summed E-state index contributed by atoms with van der Waals surface area (Å²) in [4.78, 5) is 21.3. The lowest BCUT2D eigenvalue weighted by Crippen LogP contribution is -2.49. The molecule has 1 aromatic carbocycles. The number of hydrogen-bond acceptors (Lipinski definition) is 3. The first kappa shape index (κ1) is 18.0. The van der Waals surface area contributed by atoms with E-state index in [-0.39, 0.29) is 5.91 Å². The van der Waals surface area contributed by atoms with Gasteiger partial charge in [0.15, 0.2) is 11.6 Å². The van der Waals surface area contributed by atoms with E-state index in [0.29, 0.717) is 25.2 Å². The number of rotatable bonds is 4. The van der Waals surface area contributed by atoms with Crippen LogP contribution in [0.1, 0.15) is 30.4 Å². The average Bonchev–Trinajstić information content (AvgIpc) is 3.07. The Balaban J connectivity index is 1.45. The van der Waals surface area contributed by atoms with Gasteiger partial charge in [0.2, 0.25) is 5.91 Å². The lowest BCUT2D eigenvalue weighted by atomic mass is 9.78. The fraction of sp³-hybridized carbons (Fsp3) is 0.429. The molecule has 0 N–H and O–H groups in total. The number of benzene rings is 1. The number of hydrogen-bond donors (Lipinski definition) is 0. The van der Waals surface area contributed by atoms with E-state index in [0.717, 1.165) is 44.0 Å². The lowest BCUT2D eigenvalue weighted by Gasteiger charge is -2.39. The average molecular weight is 371 g/mol. The molecule has 2 aliphatic heterocycles. The smallest absolute Gasteiger partial charge is 0.230 e. The molecule has 142 valence electrons. The van der Waals surface area contributed by atoms with Crippen LogP contribution in [0.25, 0.3) is 0 Å². The highest BCUT2D eigenvalue weighted by Crippen LogP contribution is 2.41. The summed E-state index contributed by atoms with van der Waals surface area (Å²) in [5, 5.41) is 0. The molecule has 4 rings (SSSR count). The van der Waals surface area contributed by atoms with Crippen molar-refractivity contribution in [1.82, 2.24) is 14.8 Å². The van der Waals surface area contributed by atoms with Crippen LogP contribution < -0.4 is 0 Å². The first-order chi connectivity index (χ1) is 13.1. The number of likely N-dealkylation sites (tertiary alicyclic amines) is 2. The summed E-state index contributed by atoms with van der Waals surface area (Å²) < 4.78 is 27.4. The van der Waals surface area contributed by atoms with Gasteiger partial charge in [-0.05, 0) is 43.5 Å². The normalized spacial score (nSPS) is 23.3. The van der Waals surface area contributed by atoms with Crippen molar-refractivity contribution in [2.45, 2.75) is 32.4 Å². The SMILES string of the molecule is O=C1N(Cc2cccnc2)CCC[C@@]12CCN(Cc1cccc(F)c1F)C2. The molecule has 2 aliphatic rings. The minimum atomic E-state index is -0.821. The van der Waals surface area contributed by atoms with Crippen LogP contribution in [0.5, 0.6) is 0 Å². The Morgan fingerprint density at radius 1 is 1.07 bits per heavy atom. The van der Waals surface area contributed by atoms with Gasteiger partial charge in [0, 0.05) is 44.1 Å². The zero-order valence-corrected chi connectivity index (χ0v) is 15.2. The third kappa shape index (κ3) is 3.58. The summed E-state index contributed by atoms with van der Waals surface area (Å²) in [5.74, 6) is -1.43. The van der Waals surface area contributed by atoms with E-state index < -0.39 is 17.0 Å². The first-order valence-electron chi connectivity index (χ1n) is 9.41. The van der Waals surface area contributed by atoms with Crippen molar-refractivity contribution in [3.05, 3.63) is 65.5 Å². The largest absolute Gasteiger partial charge is 0.338 e. The van der Waals surface area contributed by atoms with Crippen LogP contribution in [-0.4, -0.2) is 40.3 Å². The van der Waals surface area contributed by atoms with Crippen molar-refractivity contribution in [2.24, 2.45) is 5.41 Å². The fourth-order valence-electron chi connectivity index (χ4n) is 4.40. The van der Waals surface area contributed by atoms with E-state index in [1.807, 2.05) is 17.0 Å². The maximum absolute atomic E-state index is 14.0. The molecule has 1 amide bonds. The number of nitrogens with zero attached hydrogens (tertiary/aromatic N) is 3. The van der Waals surface area contributed by atoms with Crippen LogP contribution in [0.15, 0.2) is 42.7 Å². The predicted octanol–water partition coefficient (Wildman–Crippen LogP) is 3.37. The highest BCUT2D eigenvalue weighted by molar-refractivity contribution is 5.84. The molecule has 0 aliphatic carbocycles. The van der Waals surface area contributed by atoms with Crippen LogP contribution in [0, 0.1) is 17.0 Å². The van der Waals surface area contributed by atoms with Crippen molar-refractivity contribution < 1.29 is 13.6 Å². The Bertz CT molecular complexity index is 829. The number of carbonyl (C=O) groups is 1. The molecule has 0 unspecified atom stereocenters. The zero-order valence-electron chi connectivity index (χ0n) is 15.2. The van der Waals surface area contributed by atoms with E-state index in [2.05, 4.69) is 9.88 Å². The Morgan fingerprint density at radius 2 is 1.96 bits per heavy atom. The Kier molecular flexibility index (Phi) is 4.91. The van der Waals surface area contributed by atoms with Crippen LogP contribution >= 0.6 is 0 Å². The van der Waals surface area contributed by atoms with Gasteiger partial charge in [-0.3, -0.25) is 14.7 Å². The second-order valence-corrected chi connectivity index (χ2v) is 7.65. The lowest BCUT2D eigenvalue weighted by molar-refractivity contribution is -0.146. The molecule has 1 atom stereocenters. The zero-order chi connectivity index (χ0) is 18.9. The number of carbonyl (C=O) groups excluding carboxylic acids is 1. The maximum Gasteiger partial charge on any atom is 0.230 e. The Labute approximate surface area is 157 Å². The molecule has 2 saturated heterocycles. The Morgan fingerprint density at radius 3 is 2.78 bits per heavy atom. The molecular formula is C21H23F2N3O. The van der Waals surface area contributed by atoms with Crippen LogP contribution in [-0.2, 0) is 17.9 Å². The molecule has 0 radical (unpaired) electrons. The minimum Gasteiger partial charge on any atom is -0.338 e. The van der Waals surface area contributed by atoms with E-state index >= 15 is 0 Å². The van der Waals surface area contributed by atoms with Gasteiger partial charge in [0.1, 0.15) is 0 Å². The monoisotopic (exact) mass is 371 g/mol. The van der Waals surface area contributed by atoms with Gasteiger partial charge in [-0.25, -0.2) is 8.78 Å². The number of pyridine rings is 1. The van der Waals surface area contributed by atoms with Gasteiger partial charge in [-0.2, -0.15) is 0 Å². The summed E-state index contributed by atoms with van der Waals surface area (Å²) >= 11 is 0. The summed E-state index contributed by atoms with van der Waals surface area (Å²) in [5.41, 5.74) is 0.978. The van der Waals surface area contributed by atoms with Crippen molar-refractivity contribution in [2.75, 3.05) is 19.6 Å². The summed E-state index contributed by atoms with van der Waals surface area (Å²) in [6.07, 6.45) is 6.11. The topological polar surface area (TPSA) is 36.4 Å². The summed E-state index contributed by atoms with van der Waals surface area (Å²) in [7, 11) is 0.